The van der Waals surface area contributed by atoms with Crippen LogP contribution in [0.4, 0.5) is 0 Å². The molecule has 4 atom stereocenters. The summed E-state index contributed by atoms with van der Waals surface area (Å²) in [5, 5.41) is 9.61. The summed E-state index contributed by atoms with van der Waals surface area (Å²) in [5.74, 6) is -1.08. The molecule has 0 radical (unpaired) electrons. The molecule has 0 aromatic carbocycles. The molecule has 0 amide bonds. The van der Waals surface area contributed by atoms with Gasteiger partial charge in [0.1, 0.15) is 6.10 Å². The van der Waals surface area contributed by atoms with E-state index in [4.69, 9.17) is 14.2 Å². The Hall–Kier alpha value is -0.420. The van der Waals surface area contributed by atoms with Gasteiger partial charge in [0.15, 0.2) is 12.1 Å². The van der Waals surface area contributed by atoms with E-state index in [9.17, 15) is 5.11 Å². The van der Waals surface area contributed by atoms with Gasteiger partial charge in [0.25, 0.3) is 0 Å². The highest BCUT2D eigenvalue weighted by Crippen LogP contribution is 2.32. The molecule has 88 valence electrons. The van der Waals surface area contributed by atoms with Crippen molar-refractivity contribution >= 4 is 0 Å². The second-order valence-electron chi connectivity index (χ2n) is 4.33. The summed E-state index contributed by atoms with van der Waals surface area (Å²) < 4.78 is 16.2. The summed E-state index contributed by atoms with van der Waals surface area (Å²) in [5.41, 5.74) is 0. The van der Waals surface area contributed by atoms with E-state index in [1.807, 2.05) is 6.92 Å². The van der Waals surface area contributed by atoms with E-state index in [0.717, 1.165) is 0 Å². The molecule has 1 aliphatic heterocycles. The summed E-state index contributed by atoms with van der Waals surface area (Å²) in [6.07, 6.45) is 0.902. The molecule has 1 fully saturated rings. The maximum atomic E-state index is 9.61. The second kappa shape index (κ2) is 4.61. The zero-order chi connectivity index (χ0) is 11.6. The molecular weight excluding hydrogens is 196 g/mol. The predicted molar refractivity (Wildman–Crippen MR) is 56.2 cm³/mol. The highest BCUT2D eigenvalue weighted by atomic mass is 16.7. The minimum absolute atomic E-state index is 0.0951. The normalized spacial score (nSPS) is 36.9. The Bertz CT molecular complexity index is 221. The lowest BCUT2D eigenvalue weighted by Gasteiger charge is -2.28. The van der Waals surface area contributed by atoms with E-state index < -0.39 is 12.1 Å². The van der Waals surface area contributed by atoms with E-state index >= 15 is 0 Å². The van der Waals surface area contributed by atoms with Crippen molar-refractivity contribution in [1.29, 1.82) is 0 Å². The molecule has 0 saturated carbocycles. The van der Waals surface area contributed by atoms with Gasteiger partial charge in [0.05, 0.1) is 6.10 Å². The van der Waals surface area contributed by atoms with Crippen LogP contribution < -0.4 is 0 Å². The molecule has 4 unspecified atom stereocenters. The quantitative estimate of drug-likeness (QED) is 0.568. The van der Waals surface area contributed by atoms with Crippen LogP contribution in [0.5, 0.6) is 0 Å². The lowest BCUT2D eigenvalue weighted by atomic mass is 10.0. The summed E-state index contributed by atoms with van der Waals surface area (Å²) in [4.78, 5) is 0. The molecule has 1 saturated heterocycles. The average Bonchev–Trinajstić information content (AvgIpc) is 2.42. The highest BCUT2D eigenvalue weighted by molar-refractivity contribution is 4.95. The smallest absolute Gasteiger partial charge is 0.184 e. The van der Waals surface area contributed by atoms with Crippen LogP contribution in [0.1, 0.15) is 20.8 Å². The SMILES string of the molecule is C=CC1OC(OC)C(OC(C)(C)O)C1C. The van der Waals surface area contributed by atoms with E-state index in [-0.39, 0.29) is 18.1 Å². The molecule has 1 aliphatic rings. The fraction of sp³-hybridized carbons (Fsp3) is 0.818. The van der Waals surface area contributed by atoms with Gasteiger partial charge in [0.2, 0.25) is 0 Å². The third kappa shape index (κ3) is 3.01. The Balaban J connectivity index is 2.71. The van der Waals surface area contributed by atoms with Crippen LogP contribution >= 0.6 is 0 Å². The molecule has 0 aliphatic carbocycles. The van der Waals surface area contributed by atoms with Crippen LogP contribution in [-0.4, -0.2) is 36.5 Å². The van der Waals surface area contributed by atoms with Crippen molar-refractivity contribution in [2.75, 3.05) is 7.11 Å². The van der Waals surface area contributed by atoms with Gasteiger partial charge < -0.3 is 19.3 Å². The van der Waals surface area contributed by atoms with Gasteiger partial charge in [-0.2, -0.15) is 0 Å². The third-order valence-electron chi connectivity index (χ3n) is 2.49. The third-order valence-corrected chi connectivity index (χ3v) is 2.49. The van der Waals surface area contributed by atoms with Crippen LogP contribution in [0.3, 0.4) is 0 Å². The van der Waals surface area contributed by atoms with Gasteiger partial charge in [-0.15, -0.1) is 6.58 Å². The molecular formula is C11H20O4. The van der Waals surface area contributed by atoms with Crippen LogP contribution in [0.25, 0.3) is 0 Å². The minimum Gasteiger partial charge on any atom is -0.366 e. The van der Waals surface area contributed by atoms with Gasteiger partial charge >= 0.3 is 0 Å². The van der Waals surface area contributed by atoms with Gasteiger partial charge in [0, 0.05) is 13.0 Å². The second-order valence-corrected chi connectivity index (χ2v) is 4.33. The van der Waals surface area contributed by atoms with Gasteiger partial charge in [-0.25, -0.2) is 0 Å². The number of ether oxygens (including phenoxy) is 3. The van der Waals surface area contributed by atoms with Crippen molar-refractivity contribution in [3.63, 3.8) is 0 Å². The van der Waals surface area contributed by atoms with Crippen LogP contribution in [0.2, 0.25) is 0 Å². The van der Waals surface area contributed by atoms with Crippen LogP contribution in [0.15, 0.2) is 12.7 Å². The van der Waals surface area contributed by atoms with E-state index in [2.05, 4.69) is 6.58 Å². The molecule has 0 bridgehead atoms. The molecule has 0 aromatic rings. The highest BCUT2D eigenvalue weighted by Gasteiger charge is 2.43. The summed E-state index contributed by atoms with van der Waals surface area (Å²) in [6, 6.07) is 0. The van der Waals surface area contributed by atoms with Crippen LogP contribution in [0, 0.1) is 5.92 Å². The van der Waals surface area contributed by atoms with Crippen LogP contribution in [-0.2, 0) is 14.2 Å². The maximum absolute atomic E-state index is 9.61. The average molecular weight is 216 g/mol. The Morgan fingerprint density at radius 2 is 2.07 bits per heavy atom. The maximum Gasteiger partial charge on any atom is 0.184 e. The first-order valence-corrected chi connectivity index (χ1v) is 5.10. The van der Waals surface area contributed by atoms with Crippen molar-refractivity contribution in [3.8, 4) is 0 Å². The zero-order valence-corrected chi connectivity index (χ0v) is 9.77. The number of methoxy groups -OCH3 is 1. The topological polar surface area (TPSA) is 47.9 Å². The van der Waals surface area contributed by atoms with Gasteiger partial charge in [-0.3, -0.25) is 0 Å². The predicted octanol–water partition coefficient (Wildman–Crippen LogP) is 1.29. The monoisotopic (exact) mass is 216 g/mol. The Morgan fingerprint density at radius 1 is 1.47 bits per heavy atom. The number of aliphatic hydroxyl groups is 1. The molecule has 0 aromatic heterocycles. The summed E-state index contributed by atoms with van der Waals surface area (Å²) in [7, 11) is 1.56. The molecule has 1 N–H and O–H groups in total. The first-order valence-electron chi connectivity index (χ1n) is 5.10. The fourth-order valence-corrected chi connectivity index (χ4v) is 1.75. The number of rotatable bonds is 4. The minimum atomic E-state index is -1.19. The lowest BCUT2D eigenvalue weighted by Crippen LogP contribution is -2.38. The Labute approximate surface area is 90.8 Å². The zero-order valence-electron chi connectivity index (χ0n) is 9.77. The molecule has 4 heteroatoms. The summed E-state index contributed by atoms with van der Waals surface area (Å²) in [6.45, 7) is 8.86. The van der Waals surface area contributed by atoms with Crippen molar-refractivity contribution in [1.82, 2.24) is 0 Å². The lowest BCUT2D eigenvalue weighted by molar-refractivity contribution is -0.250. The van der Waals surface area contributed by atoms with E-state index in [1.165, 1.54) is 0 Å². The van der Waals surface area contributed by atoms with Crippen molar-refractivity contribution in [3.05, 3.63) is 12.7 Å². The fourth-order valence-electron chi connectivity index (χ4n) is 1.75. The van der Waals surface area contributed by atoms with Gasteiger partial charge in [-0.05, 0) is 13.8 Å². The molecule has 1 heterocycles. The molecule has 1 rings (SSSR count). The number of hydrogen-bond donors (Lipinski definition) is 1. The standard InChI is InChI=1S/C11H20O4/c1-6-8-7(2)9(10(13-5)14-8)15-11(3,4)12/h6-10,12H,1H2,2-5H3. The van der Waals surface area contributed by atoms with E-state index in [1.54, 1.807) is 27.0 Å². The molecule has 0 spiro atoms. The Morgan fingerprint density at radius 3 is 2.47 bits per heavy atom. The van der Waals surface area contributed by atoms with Crippen molar-refractivity contribution in [2.45, 2.75) is 45.1 Å². The van der Waals surface area contributed by atoms with E-state index in [0.29, 0.717) is 0 Å². The van der Waals surface area contributed by atoms with Gasteiger partial charge in [-0.1, -0.05) is 13.0 Å². The molecule has 4 nitrogen and oxygen atoms in total. The number of hydrogen-bond acceptors (Lipinski definition) is 4. The summed E-state index contributed by atoms with van der Waals surface area (Å²) >= 11 is 0. The molecule has 15 heavy (non-hydrogen) atoms. The first kappa shape index (κ1) is 12.6. The first-order chi connectivity index (χ1) is 6.89. The largest absolute Gasteiger partial charge is 0.366 e. The van der Waals surface area contributed by atoms with Crippen molar-refractivity contribution < 1.29 is 19.3 Å². The van der Waals surface area contributed by atoms with Crippen molar-refractivity contribution in [2.24, 2.45) is 5.92 Å². The Kier molecular flexibility index (Phi) is 3.89.